The highest BCUT2D eigenvalue weighted by Gasteiger charge is 2.31. The van der Waals surface area contributed by atoms with Crippen molar-refractivity contribution >= 4 is 10.8 Å². The molecule has 0 amide bonds. The van der Waals surface area contributed by atoms with Gasteiger partial charge < -0.3 is 15.6 Å². The first-order chi connectivity index (χ1) is 9.72. The normalized spacial score (nSPS) is 18.6. The third kappa shape index (κ3) is 2.17. The first-order valence-corrected chi connectivity index (χ1v) is 7.21. The molecule has 0 aliphatic heterocycles. The summed E-state index contributed by atoms with van der Waals surface area (Å²) in [5, 5.41) is 12.5. The Kier molecular flexibility index (Phi) is 3.64. The zero-order chi connectivity index (χ0) is 14.1. The van der Waals surface area contributed by atoms with E-state index >= 15 is 0 Å². The van der Waals surface area contributed by atoms with Crippen molar-refractivity contribution in [3.63, 3.8) is 0 Å². The Balaban J connectivity index is 2.02. The Morgan fingerprint density at radius 2 is 1.85 bits per heavy atom. The van der Waals surface area contributed by atoms with Crippen LogP contribution in [-0.4, -0.2) is 18.3 Å². The molecule has 106 valence electrons. The van der Waals surface area contributed by atoms with E-state index in [2.05, 4.69) is 0 Å². The maximum atomic E-state index is 10.4. The molecule has 3 rings (SSSR count). The Labute approximate surface area is 119 Å². The van der Waals surface area contributed by atoms with Gasteiger partial charge in [-0.1, -0.05) is 36.8 Å². The molecule has 1 fully saturated rings. The molecule has 0 spiro atoms. The van der Waals surface area contributed by atoms with Crippen molar-refractivity contribution in [2.45, 2.75) is 31.4 Å². The fraction of sp³-hybridized carbons (Fsp3) is 0.412. The SMILES string of the molecule is COc1ccc([C@H](N)[C@H](O)C2CCC2)c2ccccc12. The molecule has 0 bridgehead atoms. The van der Waals surface area contributed by atoms with Crippen LogP contribution in [0.2, 0.25) is 0 Å². The molecular formula is C17H21NO2. The molecule has 0 radical (unpaired) electrons. The van der Waals surface area contributed by atoms with Gasteiger partial charge in [-0.15, -0.1) is 0 Å². The monoisotopic (exact) mass is 271 g/mol. The van der Waals surface area contributed by atoms with Gasteiger partial charge in [0.1, 0.15) is 5.75 Å². The zero-order valence-electron chi connectivity index (χ0n) is 11.8. The average Bonchev–Trinajstić information content (AvgIpc) is 2.43. The van der Waals surface area contributed by atoms with Gasteiger partial charge in [0.25, 0.3) is 0 Å². The highest BCUT2D eigenvalue weighted by Crippen LogP contribution is 2.37. The predicted octanol–water partition coefficient (Wildman–Crippen LogP) is 3.01. The lowest BCUT2D eigenvalue weighted by Crippen LogP contribution is -2.36. The molecule has 3 heteroatoms. The summed E-state index contributed by atoms with van der Waals surface area (Å²) in [7, 11) is 1.67. The van der Waals surface area contributed by atoms with Gasteiger partial charge in [-0.05, 0) is 35.8 Å². The second kappa shape index (κ2) is 5.43. The van der Waals surface area contributed by atoms with Crippen LogP contribution < -0.4 is 10.5 Å². The molecule has 3 N–H and O–H groups in total. The Bertz CT molecular complexity index is 607. The second-order valence-corrected chi connectivity index (χ2v) is 5.61. The summed E-state index contributed by atoms with van der Waals surface area (Å²) < 4.78 is 5.40. The predicted molar refractivity (Wildman–Crippen MR) is 80.8 cm³/mol. The summed E-state index contributed by atoms with van der Waals surface area (Å²) in [6.45, 7) is 0. The lowest BCUT2D eigenvalue weighted by molar-refractivity contribution is 0.0417. The van der Waals surface area contributed by atoms with Crippen LogP contribution in [-0.2, 0) is 0 Å². The van der Waals surface area contributed by atoms with Crippen molar-refractivity contribution < 1.29 is 9.84 Å². The van der Waals surface area contributed by atoms with Gasteiger partial charge in [0.05, 0.1) is 19.3 Å². The molecule has 1 saturated carbocycles. The Morgan fingerprint density at radius 3 is 2.45 bits per heavy atom. The number of ether oxygens (including phenoxy) is 1. The van der Waals surface area contributed by atoms with Crippen LogP contribution >= 0.6 is 0 Å². The zero-order valence-corrected chi connectivity index (χ0v) is 11.8. The Hall–Kier alpha value is -1.58. The molecule has 0 saturated heterocycles. The van der Waals surface area contributed by atoms with Gasteiger partial charge in [-0.25, -0.2) is 0 Å². The molecule has 20 heavy (non-hydrogen) atoms. The van der Waals surface area contributed by atoms with Crippen molar-refractivity contribution in [1.29, 1.82) is 0 Å². The van der Waals surface area contributed by atoms with Gasteiger partial charge in [0.2, 0.25) is 0 Å². The molecular weight excluding hydrogens is 250 g/mol. The van der Waals surface area contributed by atoms with E-state index in [0.29, 0.717) is 5.92 Å². The highest BCUT2D eigenvalue weighted by atomic mass is 16.5. The largest absolute Gasteiger partial charge is 0.496 e. The highest BCUT2D eigenvalue weighted by molar-refractivity contribution is 5.91. The fourth-order valence-corrected chi connectivity index (χ4v) is 3.02. The quantitative estimate of drug-likeness (QED) is 0.898. The van der Waals surface area contributed by atoms with Crippen LogP contribution in [0, 0.1) is 5.92 Å². The number of hydrogen-bond acceptors (Lipinski definition) is 3. The molecule has 2 aromatic rings. The lowest BCUT2D eigenvalue weighted by atomic mass is 9.77. The van der Waals surface area contributed by atoms with E-state index < -0.39 is 6.10 Å². The van der Waals surface area contributed by atoms with E-state index in [1.807, 2.05) is 36.4 Å². The fourth-order valence-electron chi connectivity index (χ4n) is 3.02. The summed E-state index contributed by atoms with van der Waals surface area (Å²) in [5.41, 5.74) is 7.32. The van der Waals surface area contributed by atoms with Crippen LogP contribution in [0.3, 0.4) is 0 Å². The number of nitrogens with two attached hydrogens (primary N) is 1. The molecule has 2 aromatic carbocycles. The number of fused-ring (bicyclic) bond motifs is 1. The molecule has 0 aromatic heterocycles. The van der Waals surface area contributed by atoms with E-state index in [-0.39, 0.29) is 6.04 Å². The van der Waals surface area contributed by atoms with Gasteiger partial charge >= 0.3 is 0 Å². The van der Waals surface area contributed by atoms with Crippen molar-refractivity contribution in [2.75, 3.05) is 7.11 Å². The van der Waals surface area contributed by atoms with Gasteiger partial charge in [0.15, 0.2) is 0 Å². The number of rotatable bonds is 4. The van der Waals surface area contributed by atoms with Crippen LogP contribution in [0.5, 0.6) is 5.75 Å². The Morgan fingerprint density at radius 1 is 1.15 bits per heavy atom. The molecule has 1 aliphatic rings. The molecule has 2 atom stereocenters. The van der Waals surface area contributed by atoms with Gasteiger partial charge in [-0.3, -0.25) is 0 Å². The first kappa shape index (κ1) is 13.4. The number of aliphatic hydroxyl groups excluding tert-OH is 1. The summed E-state index contributed by atoms with van der Waals surface area (Å²) >= 11 is 0. The van der Waals surface area contributed by atoms with Gasteiger partial charge in [0, 0.05) is 5.39 Å². The van der Waals surface area contributed by atoms with Crippen molar-refractivity contribution in [3.8, 4) is 5.75 Å². The maximum Gasteiger partial charge on any atom is 0.126 e. The number of aliphatic hydroxyl groups is 1. The van der Waals surface area contributed by atoms with Crippen LogP contribution in [0.1, 0.15) is 30.9 Å². The maximum absolute atomic E-state index is 10.4. The molecule has 0 unspecified atom stereocenters. The minimum Gasteiger partial charge on any atom is -0.496 e. The minimum absolute atomic E-state index is 0.337. The topological polar surface area (TPSA) is 55.5 Å². The van der Waals surface area contributed by atoms with E-state index in [1.165, 1.54) is 6.42 Å². The van der Waals surface area contributed by atoms with Crippen molar-refractivity contribution in [3.05, 3.63) is 42.0 Å². The first-order valence-electron chi connectivity index (χ1n) is 7.21. The van der Waals surface area contributed by atoms with E-state index in [1.54, 1.807) is 7.11 Å². The number of benzene rings is 2. The lowest BCUT2D eigenvalue weighted by Gasteiger charge is -2.34. The smallest absolute Gasteiger partial charge is 0.126 e. The summed E-state index contributed by atoms with van der Waals surface area (Å²) in [4.78, 5) is 0. The third-order valence-electron chi connectivity index (χ3n) is 4.50. The van der Waals surface area contributed by atoms with Crippen molar-refractivity contribution in [2.24, 2.45) is 11.7 Å². The van der Waals surface area contributed by atoms with Gasteiger partial charge in [-0.2, -0.15) is 0 Å². The van der Waals surface area contributed by atoms with Crippen molar-refractivity contribution in [1.82, 2.24) is 0 Å². The van der Waals surface area contributed by atoms with E-state index in [9.17, 15) is 5.11 Å². The van der Waals surface area contributed by atoms with Crippen LogP contribution in [0.25, 0.3) is 10.8 Å². The standard InChI is InChI=1S/C17H21NO2/c1-20-15-10-9-14(12-7-2-3-8-13(12)15)16(18)17(19)11-5-4-6-11/h2-3,7-11,16-17,19H,4-6,18H2,1H3/t16-,17+/m0/s1. The average molecular weight is 271 g/mol. The summed E-state index contributed by atoms with van der Waals surface area (Å²) in [6.07, 6.45) is 2.92. The molecule has 3 nitrogen and oxygen atoms in total. The minimum atomic E-state index is -0.458. The third-order valence-corrected chi connectivity index (χ3v) is 4.50. The molecule has 0 heterocycles. The molecule has 1 aliphatic carbocycles. The number of methoxy groups -OCH3 is 1. The number of hydrogen-bond donors (Lipinski definition) is 2. The summed E-state index contributed by atoms with van der Waals surface area (Å²) in [6, 6.07) is 11.6. The summed E-state index contributed by atoms with van der Waals surface area (Å²) in [5.74, 6) is 1.19. The second-order valence-electron chi connectivity index (χ2n) is 5.61. The van der Waals surface area contributed by atoms with E-state index in [4.69, 9.17) is 10.5 Å². The van der Waals surface area contributed by atoms with Crippen LogP contribution in [0.4, 0.5) is 0 Å². The van der Waals surface area contributed by atoms with Crippen LogP contribution in [0.15, 0.2) is 36.4 Å². The van der Waals surface area contributed by atoms with E-state index in [0.717, 1.165) is 34.9 Å².